The smallest absolute Gasteiger partial charge is 0.435 e. The molecule has 0 aliphatic rings. The lowest BCUT2D eigenvalue weighted by molar-refractivity contribution is -0.143. The standard InChI is InChI=1S/C23H17F4N5O3/c1-34-18-7-4-16(12-19(18)35-13-14-8-10-28-11-9-14)29-22(33)20-21(23(25,26)27)32(31-30-20)17-5-2-15(24)3-6-17/h2-12H,13H2,1H3,(H,29,33). The summed E-state index contributed by atoms with van der Waals surface area (Å²) in [7, 11) is 1.43. The SMILES string of the molecule is COc1ccc(NC(=O)c2nnn(-c3ccc(F)cc3)c2C(F)(F)F)cc1OCc1ccncc1. The Morgan fingerprint density at radius 2 is 1.74 bits per heavy atom. The summed E-state index contributed by atoms with van der Waals surface area (Å²) in [5.41, 5.74) is -1.49. The van der Waals surface area contributed by atoms with Crippen molar-refractivity contribution in [2.45, 2.75) is 12.8 Å². The first kappa shape index (κ1) is 23.7. The molecule has 180 valence electrons. The third-order valence-electron chi connectivity index (χ3n) is 4.79. The van der Waals surface area contributed by atoms with Crippen LogP contribution in [0.25, 0.3) is 5.69 Å². The van der Waals surface area contributed by atoms with Crippen molar-refractivity contribution in [1.29, 1.82) is 0 Å². The molecule has 0 aliphatic carbocycles. The molecular formula is C23H17F4N5O3. The van der Waals surface area contributed by atoms with E-state index in [1.54, 1.807) is 24.5 Å². The van der Waals surface area contributed by atoms with Gasteiger partial charge in [-0.05, 0) is 54.1 Å². The van der Waals surface area contributed by atoms with Gasteiger partial charge in [0.05, 0.1) is 12.8 Å². The van der Waals surface area contributed by atoms with Gasteiger partial charge >= 0.3 is 6.18 Å². The van der Waals surface area contributed by atoms with Crippen LogP contribution in [0.4, 0.5) is 23.2 Å². The molecule has 0 spiro atoms. The number of nitrogens with one attached hydrogen (secondary N) is 1. The van der Waals surface area contributed by atoms with Crippen LogP contribution in [0.5, 0.6) is 11.5 Å². The van der Waals surface area contributed by atoms with Gasteiger partial charge < -0.3 is 14.8 Å². The Hall–Kier alpha value is -4.48. The van der Waals surface area contributed by atoms with Crippen molar-refractivity contribution in [3.63, 3.8) is 0 Å². The zero-order valence-electron chi connectivity index (χ0n) is 18.1. The fourth-order valence-corrected chi connectivity index (χ4v) is 3.15. The minimum absolute atomic E-state index is 0.110. The first-order valence-corrected chi connectivity index (χ1v) is 10.1. The van der Waals surface area contributed by atoms with Crippen molar-refractivity contribution < 1.29 is 31.8 Å². The number of alkyl halides is 3. The second-order valence-corrected chi connectivity index (χ2v) is 7.14. The second kappa shape index (κ2) is 9.79. The number of aromatic nitrogens is 4. The Labute approximate surface area is 196 Å². The minimum atomic E-state index is -4.97. The van der Waals surface area contributed by atoms with Crippen LogP contribution in [0.1, 0.15) is 21.7 Å². The van der Waals surface area contributed by atoms with Crippen LogP contribution in [0.2, 0.25) is 0 Å². The monoisotopic (exact) mass is 487 g/mol. The van der Waals surface area contributed by atoms with Gasteiger partial charge in [-0.2, -0.15) is 13.2 Å². The van der Waals surface area contributed by atoms with E-state index in [1.165, 1.54) is 25.3 Å². The number of amides is 1. The van der Waals surface area contributed by atoms with E-state index in [0.717, 1.165) is 29.8 Å². The summed E-state index contributed by atoms with van der Waals surface area (Å²) in [6.07, 6.45) is -1.77. The van der Waals surface area contributed by atoms with E-state index in [-0.39, 0.29) is 23.7 Å². The van der Waals surface area contributed by atoms with E-state index in [0.29, 0.717) is 10.4 Å². The Bertz CT molecular complexity index is 1330. The number of hydrogen-bond donors (Lipinski definition) is 1. The fraction of sp³-hybridized carbons (Fsp3) is 0.130. The Balaban J connectivity index is 1.60. The normalized spacial score (nSPS) is 11.2. The number of hydrogen-bond acceptors (Lipinski definition) is 6. The number of halogens is 4. The summed E-state index contributed by atoms with van der Waals surface area (Å²) in [6.45, 7) is 0.167. The third-order valence-corrected chi connectivity index (χ3v) is 4.79. The van der Waals surface area contributed by atoms with E-state index in [9.17, 15) is 22.4 Å². The number of anilines is 1. The molecule has 1 amide bonds. The van der Waals surface area contributed by atoms with Gasteiger partial charge in [-0.15, -0.1) is 5.10 Å². The average molecular weight is 487 g/mol. The number of carbonyl (C=O) groups is 1. The molecule has 0 radical (unpaired) electrons. The van der Waals surface area contributed by atoms with Gasteiger partial charge in [-0.1, -0.05) is 5.21 Å². The molecule has 0 fully saturated rings. The lowest BCUT2D eigenvalue weighted by Gasteiger charge is -2.14. The number of benzene rings is 2. The number of nitrogens with zero attached hydrogens (tertiary/aromatic N) is 4. The topological polar surface area (TPSA) is 91.2 Å². The molecule has 12 heteroatoms. The summed E-state index contributed by atoms with van der Waals surface area (Å²) in [4.78, 5) is 16.7. The van der Waals surface area contributed by atoms with Crippen LogP contribution in [0.15, 0.2) is 67.0 Å². The van der Waals surface area contributed by atoms with Crippen molar-refractivity contribution in [3.05, 3.63) is 89.8 Å². The molecule has 35 heavy (non-hydrogen) atoms. The third kappa shape index (κ3) is 5.37. The number of carbonyl (C=O) groups excluding carboxylic acids is 1. The molecule has 8 nitrogen and oxygen atoms in total. The second-order valence-electron chi connectivity index (χ2n) is 7.14. The predicted molar refractivity (Wildman–Crippen MR) is 116 cm³/mol. The molecule has 2 aromatic carbocycles. The van der Waals surface area contributed by atoms with Crippen LogP contribution >= 0.6 is 0 Å². The lowest BCUT2D eigenvalue weighted by Crippen LogP contribution is -2.21. The van der Waals surface area contributed by atoms with Gasteiger partial charge in [-0.3, -0.25) is 9.78 Å². The summed E-state index contributed by atoms with van der Waals surface area (Å²) in [5.74, 6) is -1.17. The molecule has 0 atom stereocenters. The van der Waals surface area contributed by atoms with Gasteiger partial charge in [0.1, 0.15) is 12.4 Å². The van der Waals surface area contributed by atoms with Crippen LogP contribution in [-0.4, -0.2) is 33.0 Å². The van der Waals surface area contributed by atoms with Gasteiger partial charge in [-0.25, -0.2) is 9.07 Å². The zero-order chi connectivity index (χ0) is 25.0. The lowest BCUT2D eigenvalue weighted by atomic mass is 10.2. The molecule has 4 rings (SSSR count). The van der Waals surface area contributed by atoms with E-state index in [2.05, 4.69) is 20.6 Å². The van der Waals surface area contributed by atoms with E-state index < -0.39 is 29.3 Å². The first-order valence-electron chi connectivity index (χ1n) is 10.1. The summed E-state index contributed by atoms with van der Waals surface area (Å²) < 4.78 is 66.1. The van der Waals surface area contributed by atoms with Crippen LogP contribution in [0, 0.1) is 5.82 Å². The van der Waals surface area contributed by atoms with Crippen molar-refractivity contribution >= 4 is 11.6 Å². The molecule has 0 aliphatic heterocycles. The zero-order valence-corrected chi connectivity index (χ0v) is 18.1. The Kier molecular flexibility index (Phi) is 6.62. The minimum Gasteiger partial charge on any atom is -0.493 e. The summed E-state index contributed by atoms with van der Waals surface area (Å²) in [6, 6.07) is 12.0. The highest BCUT2D eigenvalue weighted by Crippen LogP contribution is 2.34. The fourth-order valence-electron chi connectivity index (χ4n) is 3.15. The number of ether oxygens (including phenoxy) is 2. The molecule has 0 saturated heterocycles. The quantitative estimate of drug-likeness (QED) is 0.382. The van der Waals surface area contributed by atoms with Crippen LogP contribution in [-0.2, 0) is 12.8 Å². The van der Waals surface area contributed by atoms with E-state index in [1.807, 2.05) is 0 Å². The van der Waals surface area contributed by atoms with E-state index >= 15 is 0 Å². The molecular weight excluding hydrogens is 470 g/mol. The van der Waals surface area contributed by atoms with Crippen molar-refractivity contribution in [1.82, 2.24) is 20.0 Å². The van der Waals surface area contributed by atoms with E-state index in [4.69, 9.17) is 9.47 Å². The average Bonchev–Trinajstić information content (AvgIpc) is 3.30. The number of rotatable bonds is 7. The summed E-state index contributed by atoms with van der Waals surface area (Å²) >= 11 is 0. The number of pyridine rings is 1. The predicted octanol–water partition coefficient (Wildman–Crippen LogP) is 4.66. The maximum atomic E-state index is 13.8. The highest BCUT2D eigenvalue weighted by molar-refractivity contribution is 6.04. The van der Waals surface area contributed by atoms with Gasteiger partial charge in [0.15, 0.2) is 22.9 Å². The molecule has 1 N–H and O–H groups in total. The van der Waals surface area contributed by atoms with Gasteiger partial charge in [0, 0.05) is 24.1 Å². The molecule has 0 bridgehead atoms. The Morgan fingerprint density at radius 1 is 1.03 bits per heavy atom. The first-order chi connectivity index (χ1) is 16.8. The highest BCUT2D eigenvalue weighted by atomic mass is 19.4. The molecule has 0 unspecified atom stereocenters. The van der Waals surface area contributed by atoms with Crippen molar-refractivity contribution in [2.24, 2.45) is 0 Å². The van der Waals surface area contributed by atoms with Gasteiger partial charge in [0.25, 0.3) is 5.91 Å². The number of methoxy groups -OCH3 is 1. The maximum Gasteiger partial charge on any atom is 0.435 e. The van der Waals surface area contributed by atoms with Gasteiger partial charge in [0.2, 0.25) is 0 Å². The largest absolute Gasteiger partial charge is 0.493 e. The molecule has 2 heterocycles. The molecule has 4 aromatic rings. The van der Waals surface area contributed by atoms with Crippen molar-refractivity contribution in [3.8, 4) is 17.2 Å². The maximum absolute atomic E-state index is 13.8. The summed E-state index contributed by atoms with van der Waals surface area (Å²) in [5, 5.41) is 9.28. The highest BCUT2D eigenvalue weighted by Gasteiger charge is 2.42. The Morgan fingerprint density at radius 3 is 2.40 bits per heavy atom. The molecule has 2 aromatic heterocycles. The molecule has 0 saturated carbocycles. The van der Waals surface area contributed by atoms with Crippen LogP contribution in [0.3, 0.4) is 0 Å². The van der Waals surface area contributed by atoms with Crippen LogP contribution < -0.4 is 14.8 Å². The van der Waals surface area contributed by atoms with Crippen molar-refractivity contribution in [2.75, 3.05) is 12.4 Å².